The first-order chi connectivity index (χ1) is 5.98. The van der Waals surface area contributed by atoms with Gasteiger partial charge in [0.05, 0.1) is 5.57 Å². The van der Waals surface area contributed by atoms with Gasteiger partial charge in [-0.1, -0.05) is 18.7 Å². The fourth-order valence-electron chi connectivity index (χ4n) is 0.979. The van der Waals surface area contributed by atoms with E-state index in [0.717, 1.165) is 0 Å². The van der Waals surface area contributed by atoms with E-state index in [9.17, 15) is 9.18 Å². The van der Waals surface area contributed by atoms with E-state index in [0.29, 0.717) is 0 Å². The standard InChI is InChI=1S/C10H13FO2/c1-4-6-10(11,7-5-2)8(3)9(12)13/h4-5H,1-3,6-7H2,(H,12,13). The summed E-state index contributed by atoms with van der Waals surface area (Å²) in [7, 11) is 0. The largest absolute Gasteiger partial charge is 0.478 e. The fraction of sp³-hybridized carbons (Fsp3) is 0.300. The van der Waals surface area contributed by atoms with Crippen LogP contribution in [0.4, 0.5) is 4.39 Å². The summed E-state index contributed by atoms with van der Waals surface area (Å²) < 4.78 is 13.8. The highest BCUT2D eigenvalue weighted by Gasteiger charge is 2.34. The molecule has 0 saturated heterocycles. The number of carboxylic acid groups (broad SMARTS) is 1. The predicted molar refractivity (Wildman–Crippen MR) is 50.2 cm³/mol. The second kappa shape index (κ2) is 4.60. The maximum atomic E-state index is 13.8. The molecule has 0 rings (SSSR count). The second-order valence-electron chi connectivity index (χ2n) is 2.73. The average molecular weight is 184 g/mol. The van der Waals surface area contributed by atoms with Crippen molar-refractivity contribution in [1.82, 2.24) is 0 Å². The topological polar surface area (TPSA) is 37.3 Å². The first-order valence-electron chi connectivity index (χ1n) is 3.81. The molecular weight excluding hydrogens is 171 g/mol. The number of carboxylic acids is 1. The number of alkyl halides is 1. The quantitative estimate of drug-likeness (QED) is 0.508. The number of hydrogen-bond donors (Lipinski definition) is 1. The smallest absolute Gasteiger partial charge is 0.334 e. The van der Waals surface area contributed by atoms with Crippen molar-refractivity contribution in [2.45, 2.75) is 18.5 Å². The van der Waals surface area contributed by atoms with Crippen LogP contribution in [0.15, 0.2) is 37.5 Å². The van der Waals surface area contributed by atoms with Crippen molar-refractivity contribution in [1.29, 1.82) is 0 Å². The zero-order valence-corrected chi connectivity index (χ0v) is 7.42. The monoisotopic (exact) mass is 184 g/mol. The van der Waals surface area contributed by atoms with Crippen LogP contribution < -0.4 is 0 Å². The minimum Gasteiger partial charge on any atom is -0.478 e. The van der Waals surface area contributed by atoms with Crippen molar-refractivity contribution in [3.8, 4) is 0 Å². The Morgan fingerprint density at radius 1 is 1.38 bits per heavy atom. The minimum absolute atomic E-state index is 0.0653. The van der Waals surface area contributed by atoms with Gasteiger partial charge in [0.25, 0.3) is 0 Å². The first kappa shape index (κ1) is 11.6. The fourth-order valence-corrected chi connectivity index (χ4v) is 0.979. The van der Waals surface area contributed by atoms with Gasteiger partial charge in [0.2, 0.25) is 0 Å². The summed E-state index contributed by atoms with van der Waals surface area (Å²) in [6, 6.07) is 0. The van der Waals surface area contributed by atoms with E-state index in [-0.39, 0.29) is 12.8 Å². The Hall–Kier alpha value is -1.38. The Morgan fingerprint density at radius 3 is 2.00 bits per heavy atom. The van der Waals surface area contributed by atoms with Crippen LogP contribution in [0.2, 0.25) is 0 Å². The van der Waals surface area contributed by atoms with Gasteiger partial charge in [-0.25, -0.2) is 9.18 Å². The summed E-state index contributed by atoms with van der Waals surface area (Å²) >= 11 is 0. The average Bonchev–Trinajstić information content (AvgIpc) is 2.03. The van der Waals surface area contributed by atoms with E-state index in [2.05, 4.69) is 19.7 Å². The molecule has 0 aromatic heterocycles. The summed E-state index contributed by atoms with van der Waals surface area (Å²) in [5, 5.41) is 8.56. The zero-order valence-electron chi connectivity index (χ0n) is 7.42. The lowest BCUT2D eigenvalue weighted by atomic mass is 9.90. The Morgan fingerprint density at radius 2 is 1.77 bits per heavy atom. The van der Waals surface area contributed by atoms with E-state index in [4.69, 9.17) is 5.11 Å². The van der Waals surface area contributed by atoms with E-state index in [1.54, 1.807) is 0 Å². The van der Waals surface area contributed by atoms with Gasteiger partial charge in [0, 0.05) is 12.8 Å². The molecule has 0 aliphatic carbocycles. The Balaban J connectivity index is 4.75. The zero-order chi connectivity index (χ0) is 10.5. The van der Waals surface area contributed by atoms with Gasteiger partial charge in [-0.3, -0.25) is 0 Å². The molecular formula is C10H13FO2. The molecule has 0 radical (unpaired) electrons. The van der Waals surface area contributed by atoms with Crippen LogP contribution in [0.1, 0.15) is 12.8 Å². The van der Waals surface area contributed by atoms with E-state index < -0.39 is 17.2 Å². The molecule has 0 saturated carbocycles. The van der Waals surface area contributed by atoms with Crippen molar-refractivity contribution >= 4 is 5.97 Å². The lowest BCUT2D eigenvalue weighted by Crippen LogP contribution is -2.28. The van der Waals surface area contributed by atoms with Crippen LogP contribution in [-0.2, 0) is 4.79 Å². The summed E-state index contributed by atoms with van der Waals surface area (Å²) in [4.78, 5) is 10.5. The Labute approximate surface area is 77.1 Å². The van der Waals surface area contributed by atoms with Crippen molar-refractivity contribution in [2.24, 2.45) is 0 Å². The van der Waals surface area contributed by atoms with Crippen molar-refractivity contribution in [2.75, 3.05) is 0 Å². The lowest BCUT2D eigenvalue weighted by Gasteiger charge is -2.22. The lowest BCUT2D eigenvalue weighted by molar-refractivity contribution is -0.134. The molecule has 0 aliphatic heterocycles. The van der Waals surface area contributed by atoms with Crippen LogP contribution in [0.3, 0.4) is 0 Å². The number of rotatable bonds is 6. The van der Waals surface area contributed by atoms with Gasteiger partial charge < -0.3 is 5.11 Å². The molecule has 1 N–H and O–H groups in total. The molecule has 0 aromatic rings. The third-order valence-corrected chi connectivity index (χ3v) is 1.73. The van der Waals surface area contributed by atoms with E-state index >= 15 is 0 Å². The highest BCUT2D eigenvalue weighted by molar-refractivity contribution is 5.88. The molecule has 0 amide bonds. The maximum Gasteiger partial charge on any atom is 0.334 e. The van der Waals surface area contributed by atoms with Gasteiger partial charge >= 0.3 is 5.97 Å². The molecule has 13 heavy (non-hydrogen) atoms. The summed E-state index contributed by atoms with van der Waals surface area (Å²) in [5.41, 5.74) is -2.40. The molecule has 0 spiro atoms. The summed E-state index contributed by atoms with van der Waals surface area (Å²) in [6.07, 6.45) is 2.53. The molecule has 0 atom stereocenters. The van der Waals surface area contributed by atoms with Crippen LogP contribution in [0.5, 0.6) is 0 Å². The third-order valence-electron chi connectivity index (χ3n) is 1.73. The van der Waals surface area contributed by atoms with Gasteiger partial charge in [-0.2, -0.15) is 0 Å². The third kappa shape index (κ3) is 2.86. The number of hydrogen-bond acceptors (Lipinski definition) is 1. The van der Waals surface area contributed by atoms with E-state index in [1.807, 2.05) is 0 Å². The SMILES string of the molecule is C=CCC(F)(CC=C)C(=C)C(=O)O. The van der Waals surface area contributed by atoms with Gasteiger partial charge in [0.15, 0.2) is 0 Å². The highest BCUT2D eigenvalue weighted by atomic mass is 19.1. The summed E-state index contributed by atoms with van der Waals surface area (Å²) in [5.74, 6) is -1.33. The highest BCUT2D eigenvalue weighted by Crippen LogP contribution is 2.29. The van der Waals surface area contributed by atoms with Crippen LogP contribution >= 0.6 is 0 Å². The summed E-state index contributed by atoms with van der Waals surface area (Å²) in [6.45, 7) is 9.92. The van der Waals surface area contributed by atoms with Crippen molar-refractivity contribution < 1.29 is 14.3 Å². The van der Waals surface area contributed by atoms with Crippen LogP contribution in [0, 0.1) is 0 Å². The molecule has 0 aliphatic rings. The molecule has 0 fully saturated rings. The van der Waals surface area contributed by atoms with Gasteiger partial charge in [0.1, 0.15) is 5.67 Å². The predicted octanol–water partition coefficient (Wildman–Crippen LogP) is 2.49. The number of aliphatic carboxylic acids is 1. The second-order valence-corrected chi connectivity index (χ2v) is 2.73. The number of allylic oxidation sites excluding steroid dienone is 2. The Bertz CT molecular complexity index is 233. The van der Waals surface area contributed by atoms with Crippen molar-refractivity contribution in [3.63, 3.8) is 0 Å². The molecule has 3 heteroatoms. The van der Waals surface area contributed by atoms with Gasteiger partial charge in [-0.05, 0) is 0 Å². The van der Waals surface area contributed by atoms with Crippen LogP contribution in [-0.4, -0.2) is 16.7 Å². The normalized spacial score (nSPS) is 10.5. The Kier molecular flexibility index (Phi) is 4.11. The minimum atomic E-state index is -1.95. The first-order valence-corrected chi connectivity index (χ1v) is 3.81. The molecule has 2 nitrogen and oxygen atoms in total. The maximum absolute atomic E-state index is 13.8. The molecule has 72 valence electrons. The van der Waals surface area contributed by atoms with Crippen LogP contribution in [0.25, 0.3) is 0 Å². The van der Waals surface area contributed by atoms with Gasteiger partial charge in [-0.15, -0.1) is 13.2 Å². The van der Waals surface area contributed by atoms with Crippen molar-refractivity contribution in [3.05, 3.63) is 37.5 Å². The number of halogens is 1. The molecule has 0 unspecified atom stereocenters. The molecule has 0 heterocycles. The molecule has 0 bridgehead atoms. The number of carbonyl (C=O) groups is 1. The molecule has 0 aromatic carbocycles. The van der Waals surface area contributed by atoms with E-state index in [1.165, 1.54) is 12.2 Å².